The van der Waals surface area contributed by atoms with Crippen LogP contribution in [0.1, 0.15) is 30.2 Å². The number of carbonyl (C=O) groups excluding carboxylic acids is 2. The molecule has 8 heteroatoms. The highest BCUT2D eigenvalue weighted by Crippen LogP contribution is 2.10. The second-order valence-electron chi connectivity index (χ2n) is 5.54. The van der Waals surface area contributed by atoms with Crippen LogP contribution in [0.15, 0.2) is 51.3 Å². The lowest BCUT2D eigenvalue weighted by atomic mass is 10.0. The van der Waals surface area contributed by atoms with Gasteiger partial charge in [0, 0.05) is 6.08 Å². The normalized spacial score (nSPS) is 12.7. The third-order valence-corrected chi connectivity index (χ3v) is 3.29. The second kappa shape index (κ2) is 8.00. The summed E-state index contributed by atoms with van der Waals surface area (Å²) in [5.74, 6) is -2.57. The maximum absolute atomic E-state index is 12.5. The predicted octanol–water partition coefficient (Wildman–Crippen LogP) is 1.87. The largest absolute Gasteiger partial charge is 0.480 e. The Morgan fingerprint density at radius 1 is 1.12 bits per heavy atom. The van der Waals surface area contributed by atoms with Gasteiger partial charge in [0.05, 0.1) is 12.5 Å². The van der Waals surface area contributed by atoms with Crippen LogP contribution in [-0.2, 0) is 9.59 Å². The number of rotatable bonds is 7. The summed E-state index contributed by atoms with van der Waals surface area (Å²) in [6, 6.07) is 5.07. The molecule has 2 rings (SSSR count). The molecule has 0 aliphatic rings. The monoisotopic (exact) mass is 346 g/mol. The Morgan fingerprint density at radius 3 is 2.32 bits per heavy atom. The van der Waals surface area contributed by atoms with Crippen LogP contribution >= 0.6 is 0 Å². The van der Waals surface area contributed by atoms with Gasteiger partial charge in [-0.25, -0.2) is 4.79 Å². The number of carboxylic acid groups (broad SMARTS) is 1. The van der Waals surface area contributed by atoms with Crippen LogP contribution in [0.2, 0.25) is 0 Å². The molecule has 0 aliphatic heterocycles. The lowest BCUT2D eigenvalue weighted by molar-refractivity contribution is -0.142. The summed E-state index contributed by atoms with van der Waals surface area (Å²) in [7, 11) is 0. The van der Waals surface area contributed by atoms with Gasteiger partial charge in [0.2, 0.25) is 0 Å². The Balaban J connectivity index is 2.23. The van der Waals surface area contributed by atoms with Gasteiger partial charge in [0.25, 0.3) is 11.8 Å². The SMILES string of the molecule is CC(C)[C@@H](NC(=O)/C(=C\c1ccco1)NC(=O)c1ccco1)C(=O)O. The fourth-order valence-electron chi connectivity index (χ4n) is 2.00. The molecular formula is C17H18N2O6. The molecule has 0 saturated carbocycles. The molecule has 2 heterocycles. The summed E-state index contributed by atoms with van der Waals surface area (Å²) in [6.07, 6.45) is 4.03. The van der Waals surface area contributed by atoms with E-state index in [0.717, 1.165) is 0 Å². The molecule has 0 fully saturated rings. The summed E-state index contributed by atoms with van der Waals surface area (Å²) in [5.41, 5.74) is -0.164. The minimum absolute atomic E-state index is 0.0109. The maximum atomic E-state index is 12.5. The molecule has 1 atom stereocenters. The van der Waals surface area contributed by atoms with Crippen LogP contribution in [0.4, 0.5) is 0 Å². The van der Waals surface area contributed by atoms with Gasteiger partial charge < -0.3 is 24.6 Å². The van der Waals surface area contributed by atoms with Crippen molar-refractivity contribution in [1.29, 1.82) is 0 Å². The zero-order valence-electron chi connectivity index (χ0n) is 13.7. The molecule has 3 N–H and O–H groups in total. The fourth-order valence-corrected chi connectivity index (χ4v) is 2.00. The third kappa shape index (κ3) is 4.84. The highest BCUT2D eigenvalue weighted by atomic mass is 16.4. The van der Waals surface area contributed by atoms with Gasteiger partial charge in [-0.3, -0.25) is 9.59 Å². The molecule has 0 unspecified atom stereocenters. The van der Waals surface area contributed by atoms with Crippen molar-refractivity contribution in [3.63, 3.8) is 0 Å². The molecule has 2 aromatic heterocycles. The van der Waals surface area contributed by atoms with Gasteiger partial charge in [-0.2, -0.15) is 0 Å². The summed E-state index contributed by atoms with van der Waals surface area (Å²) in [5, 5.41) is 14.0. The van der Waals surface area contributed by atoms with Crippen molar-refractivity contribution < 1.29 is 28.3 Å². The van der Waals surface area contributed by atoms with Crippen molar-refractivity contribution in [1.82, 2.24) is 10.6 Å². The number of carboxylic acids is 1. The van der Waals surface area contributed by atoms with Crippen molar-refractivity contribution >= 4 is 23.9 Å². The zero-order valence-corrected chi connectivity index (χ0v) is 13.7. The molecule has 0 aliphatic carbocycles. The van der Waals surface area contributed by atoms with Crippen molar-refractivity contribution in [3.8, 4) is 0 Å². The first-order valence-electron chi connectivity index (χ1n) is 7.52. The molecule has 0 spiro atoms. The van der Waals surface area contributed by atoms with E-state index in [-0.39, 0.29) is 17.4 Å². The summed E-state index contributed by atoms with van der Waals surface area (Å²) < 4.78 is 10.1. The van der Waals surface area contributed by atoms with E-state index in [9.17, 15) is 19.5 Å². The van der Waals surface area contributed by atoms with Crippen LogP contribution in [0.3, 0.4) is 0 Å². The van der Waals surface area contributed by atoms with Crippen molar-refractivity contribution in [3.05, 3.63) is 54.0 Å². The smallest absolute Gasteiger partial charge is 0.326 e. The molecule has 132 valence electrons. The Kier molecular flexibility index (Phi) is 5.78. The number of amides is 2. The Bertz CT molecular complexity index is 759. The first-order chi connectivity index (χ1) is 11.9. The molecule has 0 radical (unpaired) electrons. The van der Waals surface area contributed by atoms with E-state index in [4.69, 9.17) is 8.83 Å². The van der Waals surface area contributed by atoms with E-state index in [1.807, 2.05) is 0 Å². The molecule has 0 saturated heterocycles. The number of hydrogen-bond acceptors (Lipinski definition) is 5. The number of nitrogens with one attached hydrogen (secondary N) is 2. The highest BCUT2D eigenvalue weighted by Gasteiger charge is 2.26. The van der Waals surface area contributed by atoms with Gasteiger partial charge >= 0.3 is 5.97 Å². The fraction of sp³-hybridized carbons (Fsp3) is 0.235. The molecule has 0 aromatic carbocycles. The van der Waals surface area contributed by atoms with Gasteiger partial charge in [-0.15, -0.1) is 0 Å². The second-order valence-corrected chi connectivity index (χ2v) is 5.54. The topological polar surface area (TPSA) is 122 Å². The number of hydrogen-bond donors (Lipinski definition) is 3. The number of furan rings is 2. The van der Waals surface area contributed by atoms with Crippen LogP contribution in [0.5, 0.6) is 0 Å². The van der Waals surface area contributed by atoms with Crippen LogP contribution < -0.4 is 10.6 Å². The molecule has 8 nitrogen and oxygen atoms in total. The van der Waals surface area contributed by atoms with E-state index >= 15 is 0 Å². The molecule has 25 heavy (non-hydrogen) atoms. The Hall–Kier alpha value is -3.29. The van der Waals surface area contributed by atoms with E-state index < -0.39 is 23.8 Å². The van der Waals surface area contributed by atoms with Gasteiger partial charge in [0.1, 0.15) is 17.5 Å². The standard InChI is InChI=1S/C17H18N2O6/c1-10(2)14(17(22)23)19-15(20)12(9-11-5-3-7-24-11)18-16(21)13-6-4-8-25-13/h3-10,14H,1-2H3,(H,18,21)(H,19,20)(H,22,23)/b12-9+/t14-/m1/s1. The van der Waals surface area contributed by atoms with Gasteiger partial charge in [-0.1, -0.05) is 13.8 Å². The van der Waals surface area contributed by atoms with Gasteiger partial charge in [0.15, 0.2) is 5.76 Å². The highest BCUT2D eigenvalue weighted by molar-refractivity contribution is 6.05. The average molecular weight is 346 g/mol. The van der Waals surface area contributed by atoms with Crippen LogP contribution in [0.25, 0.3) is 6.08 Å². The molecule has 2 amide bonds. The molecular weight excluding hydrogens is 328 g/mol. The molecule has 0 bridgehead atoms. The third-order valence-electron chi connectivity index (χ3n) is 3.29. The summed E-state index contributed by atoms with van der Waals surface area (Å²) in [6.45, 7) is 3.33. The Labute approximate surface area is 143 Å². The first kappa shape index (κ1) is 18.1. The zero-order chi connectivity index (χ0) is 18.4. The van der Waals surface area contributed by atoms with E-state index in [1.165, 1.54) is 30.7 Å². The minimum atomic E-state index is -1.17. The summed E-state index contributed by atoms with van der Waals surface area (Å²) in [4.78, 5) is 35.9. The Morgan fingerprint density at radius 2 is 1.80 bits per heavy atom. The average Bonchev–Trinajstić information content (AvgIpc) is 3.24. The summed E-state index contributed by atoms with van der Waals surface area (Å²) >= 11 is 0. The quantitative estimate of drug-likeness (QED) is 0.658. The number of carbonyl (C=O) groups is 3. The van der Waals surface area contributed by atoms with E-state index in [2.05, 4.69) is 10.6 Å². The van der Waals surface area contributed by atoms with E-state index in [0.29, 0.717) is 5.76 Å². The lowest BCUT2D eigenvalue weighted by Crippen LogP contribution is -2.47. The predicted molar refractivity (Wildman–Crippen MR) is 87.3 cm³/mol. The van der Waals surface area contributed by atoms with Crippen molar-refractivity contribution in [2.24, 2.45) is 5.92 Å². The van der Waals surface area contributed by atoms with Crippen LogP contribution in [-0.4, -0.2) is 28.9 Å². The minimum Gasteiger partial charge on any atom is -0.480 e. The van der Waals surface area contributed by atoms with Crippen molar-refractivity contribution in [2.45, 2.75) is 19.9 Å². The molecule has 2 aromatic rings. The van der Waals surface area contributed by atoms with Crippen LogP contribution in [0, 0.1) is 5.92 Å². The van der Waals surface area contributed by atoms with Crippen molar-refractivity contribution in [2.75, 3.05) is 0 Å². The van der Waals surface area contributed by atoms with E-state index in [1.54, 1.807) is 26.0 Å². The lowest BCUT2D eigenvalue weighted by Gasteiger charge is -2.19. The first-order valence-corrected chi connectivity index (χ1v) is 7.52. The van der Waals surface area contributed by atoms with Gasteiger partial charge in [-0.05, 0) is 30.2 Å². The number of aliphatic carboxylic acids is 1. The maximum Gasteiger partial charge on any atom is 0.326 e.